The molecule has 0 spiro atoms. The van der Waals surface area contributed by atoms with Gasteiger partial charge in [0.15, 0.2) is 5.82 Å². The van der Waals surface area contributed by atoms with Crippen molar-refractivity contribution >= 4 is 23.2 Å². The average Bonchev–Trinajstić information content (AvgIpc) is 3.00. The number of hydrogen-bond acceptors (Lipinski definition) is 5. The zero-order valence-corrected chi connectivity index (χ0v) is 14.5. The summed E-state index contributed by atoms with van der Waals surface area (Å²) in [5.41, 5.74) is -3.54. The number of nitrogens with one attached hydrogen (secondary N) is 1. The summed E-state index contributed by atoms with van der Waals surface area (Å²) in [7, 11) is 0. The molecule has 28 heavy (non-hydrogen) atoms. The smallest absolute Gasteiger partial charge is 0.389 e. The van der Waals surface area contributed by atoms with Crippen molar-refractivity contribution in [2.45, 2.75) is 12.4 Å². The molecule has 1 aromatic carbocycles. The molecule has 2 heterocycles. The van der Waals surface area contributed by atoms with Crippen LogP contribution in [0, 0.1) is 0 Å². The number of hydrogen-bond donors (Lipinski definition) is 1. The van der Waals surface area contributed by atoms with E-state index in [2.05, 4.69) is 25.1 Å². The van der Waals surface area contributed by atoms with Crippen LogP contribution in [0.4, 0.5) is 26.3 Å². The Hall–Kier alpha value is -2.60. The van der Waals surface area contributed by atoms with E-state index in [0.717, 1.165) is 0 Å². The van der Waals surface area contributed by atoms with Gasteiger partial charge in [-0.05, 0) is 18.2 Å². The van der Waals surface area contributed by atoms with E-state index in [1.807, 2.05) is 0 Å². The van der Waals surface area contributed by atoms with Gasteiger partial charge in [0.25, 0.3) is 0 Å². The van der Waals surface area contributed by atoms with E-state index in [-0.39, 0.29) is 22.4 Å². The normalized spacial score (nSPS) is 12.3. The summed E-state index contributed by atoms with van der Waals surface area (Å²) in [6.45, 7) is 0. The van der Waals surface area contributed by atoms with Crippen LogP contribution < -0.4 is 4.74 Å². The van der Waals surface area contributed by atoms with Crippen LogP contribution >= 0.6 is 23.2 Å². The van der Waals surface area contributed by atoms with Gasteiger partial charge in [-0.2, -0.15) is 46.4 Å². The monoisotopic (exact) mass is 443 g/mol. The molecule has 0 fully saturated rings. The molecule has 0 aliphatic carbocycles. The van der Waals surface area contributed by atoms with E-state index < -0.39 is 40.9 Å². The van der Waals surface area contributed by atoms with Gasteiger partial charge in [0.1, 0.15) is 10.3 Å². The number of aromatic amines is 1. The fraction of sp³-hybridized carbons (Fsp3) is 0.143. The Morgan fingerprint density at radius 3 is 1.82 bits per heavy atom. The molecular formula is C14H5Cl2F6N5O. The number of benzene rings is 1. The minimum atomic E-state index is -5.00. The van der Waals surface area contributed by atoms with E-state index in [1.165, 1.54) is 6.07 Å². The van der Waals surface area contributed by atoms with Gasteiger partial charge in [-0.15, -0.1) is 0 Å². The predicted octanol–water partition coefficient (Wildman–Crippen LogP) is 5.40. The van der Waals surface area contributed by atoms with Crippen LogP contribution in [0.2, 0.25) is 10.3 Å². The van der Waals surface area contributed by atoms with Crippen molar-refractivity contribution in [3.05, 3.63) is 45.7 Å². The van der Waals surface area contributed by atoms with Crippen LogP contribution in [0.3, 0.4) is 0 Å². The maximum absolute atomic E-state index is 12.9. The zero-order chi connectivity index (χ0) is 20.7. The molecule has 0 bridgehead atoms. The first-order chi connectivity index (χ1) is 12.9. The van der Waals surface area contributed by atoms with Crippen LogP contribution in [-0.2, 0) is 12.4 Å². The third-order valence-electron chi connectivity index (χ3n) is 3.14. The predicted molar refractivity (Wildman–Crippen MR) is 83.9 cm³/mol. The third-order valence-corrected chi connectivity index (χ3v) is 3.53. The topological polar surface area (TPSA) is 76.6 Å². The van der Waals surface area contributed by atoms with Crippen LogP contribution in [0.1, 0.15) is 11.1 Å². The Kier molecular flexibility index (Phi) is 5.10. The molecule has 0 aliphatic rings. The van der Waals surface area contributed by atoms with E-state index >= 15 is 0 Å². The first-order valence-electron chi connectivity index (χ1n) is 7.02. The van der Waals surface area contributed by atoms with Crippen molar-refractivity contribution in [2.75, 3.05) is 0 Å². The highest BCUT2D eigenvalue weighted by Crippen LogP contribution is 2.38. The van der Waals surface area contributed by atoms with Gasteiger partial charge in [-0.1, -0.05) is 23.2 Å². The summed E-state index contributed by atoms with van der Waals surface area (Å²) in [4.78, 5) is 11.0. The molecule has 1 N–H and O–H groups in total. The quantitative estimate of drug-likeness (QED) is 0.433. The highest BCUT2D eigenvalue weighted by Gasteiger charge is 2.37. The van der Waals surface area contributed by atoms with Gasteiger partial charge in [0.2, 0.25) is 0 Å². The maximum atomic E-state index is 12.9. The number of rotatable bonds is 3. The molecule has 2 aromatic heterocycles. The van der Waals surface area contributed by atoms with Crippen molar-refractivity contribution < 1.29 is 31.1 Å². The second kappa shape index (κ2) is 7.09. The van der Waals surface area contributed by atoms with Crippen LogP contribution in [0.25, 0.3) is 11.4 Å². The molecule has 14 heteroatoms. The second-order valence-corrected chi connectivity index (χ2v) is 5.93. The van der Waals surface area contributed by atoms with Crippen LogP contribution in [-0.4, -0.2) is 25.1 Å². The van der Waals surface area contributed by atoms with Crippen molar-refractivity contribution in [3.8, 4) is 23.4 Å². The number of halogens is 8. The summed E-state index contributed by atoms with van der Waals surface area (Å²) >= 11 is 11.3. The SMILES string of the molecule is FC(F)(F)c1cc(-c2n[nH]c(Oc3nc(Cl)cc(Cl)n3)n2)cc(C(F)(F)F)c1. The Bertz CT molecular complexity index is 968. The molecule has 6 nitrogen and oxygen atoms in total. The molecule has 3 aromatic rings. The largest absolute Gasteiger partial charge is 0.416 e. The van der Waals surface area contributed by atoms with Crippen LogP contribution in [0.15, 0.2) is 24.3 Å². The van der Waals surface area contributed by atoms with E-state index in [0.29, 0.717) is 12.1 Å². The standard InChI is InChI=1S/C14H5Cl2F6N5O/c15-8-4-9(16)24-11(23-8)28-12-25-10(26-27-12)5-1-6(13(17,18)19)3-7(2-5)14(20,21)22/h1-4H,(H,25,26,27). The fourth-order valence-electron chi connectivity index (χ4n) is 2.01. The first kappa shape index (κ1) is 20.1. The summed E-state index contributed by atoms with van der Waals surface area (Å²) in [6, 6.07) is 1.40. The molecule has 0 saturated heterocycles. The highest BCUT2D eigenvalue weighted by atomic mass is 35.5. The minimum Gasteiger partial charge on any atom is -0.389 e. The Morgan fingerprint density at radius 2 is 1.32 bits per heavy atom. The number of H-pyrrole nitrogens is 1. The zero-order valence-electron chi connectivity index (χ0n) is 13.0. The lowest BCUT2D eigenvalue weighted by Gasteiger charge is -2.13. The second-order valence-electron chi connectivity index (χ2n) is 5.16. The van der Waals surface area contributed by atoms with E-state index in [1.54, 1.807) is 0 Å². The van der Waals surface area contributed by atoms with Gasteiger partial charge in [0, 0.05) is 11.6 Å². The molecule has 0 aliphatic heterocycles. The lowest BCUT2D eigenvalue weighted by Crippen LogP contribution is -2.11. The Labute approximate surface area is 161 Å². The van der Waals surface area contributed by atoms with Crippen molar-refractivity contribution in [3.63, 3.8) is 0 Å². The molecular weight excluding hydrogens is 439 g/mol. The average molecular weight is 444 g/mol. The molecule has 0 radical (unpaired) electrons. The summed E-state index contributed by atoms with van der Waals surface area (Å²) in [6.07, 6.45) is -10.0. The maximum Gasteiger partial charge on any atom is 0.416 e. The van der Waals surface area contributed by atoms with Gasteiger partial charge < -0.3 is 4.74 Å². The highest BCUT2D eigenvalue weighted by molar-refractivity contribution is 6.33. The van der Waals surface area contributed by atoms with E-state index in [4.69, 9.17) is 27.9 Å². The van der Waals surface area contributed by atoms with Crippen molar-refractivity contribution in [1.82, 2.24) is 25.1 Å². The molecule has 0 unspecified atom stereocenters. The van der Waals surface area contributed by atoms with Crippen molar-refractivity contribution in [2.24, 2.45) is 0 Å². The molecule has 0 amide bonds. The number of nitrogens with zero attached hydrogens (tertiary/aromatic N) is 4. The lowest BCUT2D eigenvalue weighted by molar-refractivity contribution is -0.143. The summed E-state index contributed by atoms with van der Waals surface area (Å²) in [5, 5.41) is 5.62. The fourth-order valence-corrected chi connectivity index (χ4v) is 2.42. The van der Waals surface area contributed by atoms with Gasteiger partial charge in [-0.3, -0.25) is 0 Å². The third kappa shape index (κ3) is 4.62. The molecule has 0 atom stereocenters. The molecule has 3 rings (SSSR count). The number of aromatic nitrogens is 5. The minimum absolute atomic E-state index is 0.00459. The van der Waals surface area contributed by atoms with Crippen molar-refractivity contribution in [1.29, 1.82) is 0 Å². The van der Waals surface area contributed by atoms with Gasteiger partial charge in [0.05, 0.1) is 11.1 Å². The first-order valence-corrected chi connectivity index (χ1v) is 7.77. The van der Waals surface area contributed by atoms with Crippen LogP contribution in [0.5, 0.6) is 12.0 Å². The lowest BCUT2D eigenvalue weighted by atomic mass is 10.0. The van der Waals surface area contributed by atoms with Gasteiger partial charge in [-0.25, -0.2) is 5.10 Å². The number of alkyl halides is 6. The Morgan fingerprint density at radius 1 is 0.786 bits per heavy atom. The van der Waals surface area contributed by atoms with Gasteiger partial charge >= 0.3 is 24.4 Å². The number of ether oxygens (including phenoxy) is 1. The summed E-state index contributed by atoms with van der Waals surface area (Å²) in [5.74, 6) is -0.472. The van der Waals surface area contributed by atoms with E-state index in [9.17, 15) is 26.3 Å². The summed E-state index contributed by atoms with van der Waals surface area (Å²) < 4.78 is 82.7. The molecule has 148 valence electrons. The Balaban J connectivity index is 1.98. The molecule has 0 saturated carbocycles.